The maximum Gasteiger partial charge on any atom is 0.326 e. The van der Waals surface area contributed by atoms with Crippen molar-refractivity contribution in [2.45, 2.75) is 33.2 Å². The van der Waals surface area contributed by atoms with Crippen molar-refractivity contribution in [3.8, 4) is 0 Å². The molecule has 130 valence electrons. The highest BCUT2D eigenvalue weighted by molar-refractivity contribution is 6.05. The molecule has 4 N–H and O–H groups in total. The third kappa shape index (κ3) is 5.38. The largest absolute Gasteiger partial charge is 0.481 e. The molecule has 8 nitrogen and oxygen atoms in total. The zero-order valence-electron chi connectivity index (χ0n) is 13.6. The molecule has 1 rings (SSSR count). The van der Waals surface area contributed by atoms with Gasteiger partial charge in [0, 0.05) is 5.41 Å². The van der Waals surface area contributed by atoms with Crippen LogP contribution in [0.3, 0.4) is 0 Å². The number of benzene rings is 1. The Morgan fingerprint density at radius 3 is 2.17 bits per heavy atom. The lowest BCUT2D eigenvalue weighted by molar-refractivity contribution is -0.145. The van der Waals surface area contributed by atoms with Gasteiger partial charge in [0.05, 0.1) is 17.7 Å². The van der Waals surface area contributed by atoms with E-state index in [2.05, 4.69) is 10.6 Å². The number of carbonyl (C=O) groups is 4. The minimum atomic E-state index is -1.57. The summed E-state index contributed by atoms with van der Waals surface area (Å²) in [6.07, 6.45) is -0.752. The van der Waals surface area contributed by atoms with Crippen LogP contribution in [0.25, 0.3) is 0 Å². The third-order valence-electron chi connectivity index (χ3n) is 3.08. The van der Waals surface area contributed by atoms with E-state index in [0.29, 0.717) is 0 Å². The van der Waals surface area contributed by atoms with Crippen molar-refractivity contribution in [2.24, 2.45) is 5.41 Å². The van der Waals surface area contributed by atoms with E-state index in [4.69, 9.17) is 10.2 Å². The zero-order valence-corrected chi connectivity index (χ0v) is 13.6. The van der Waals surface area contributed by atoms with Gasteiger partial charge < -0.3 is 20.8 Å². The molecule has 0 heterocycles. The Labute approximate surface area is 138 Å². The Morgan fingerprint density at radius 2 is 1.67 bits per heavy atom. The molecule has 0 aromatic heterocycles. The van der Waals surface area contributed by atoms with Gasteiger partial charge in [-0.2, -0.15) is 0 Å². The number of hydrogen-bond donors (Lipinski definition) is 4. The highest BCUT2D eigenvalue weighted by atomic mass is 16.4. The maximum atomic E-state index is 12.3. The molecular formula is C16H20N2O6. The first kappa shape index (κ1) is 19.1. The number of carboxylic acid groups (broad SMARTS) is 2. The van der Waals surface area contributed by atoms with Gasteiger partial charge in [-0.25, -0.2) is 4.79 Å². The van der Waals surface area contributed by atoms with Gasteiger partial charge >= 0.3 is 11.9 Å². The van der Waals surface area contributed by atoms with Gasteiger partial charge in [-0.15, -0.1) is 0 Å². The van der Waals surface area contributed by atoms with Crippen LogP contribution in [0.5, 0.6) is 0 Å². The summed E-state index contributed by atoms with van der Waals surface area (Å²) in [7, 11) is 0. The van der Waals surface area contributed by atoms with Crippen molar-refractivity contribution in [2.75, 3.05) is 5.32 Å². The number of aliphatic carboxylic acids is 2. The molecular weight excluding hydrogens is 316 g/mol. The lowest BCUT2D eigenvalue weighted by Gasteiger charge is -2.20. The summed E-state index contributed by atoms with van der Waals surface area (Å²) in [4.78, 5) is 46.1. The van der Waals surface area contributed by atoms with Crippen LogP contribution in [0.4, 0.5) is 5.69 Å². The molecule has 0 bridgehead atoms. The van der Waals surface area contributed by atoms with E-state index in [1.807, 2.05) is 0 Å². The van der Waals surface area contributed by atoms with Gasteiger partial charge in [0.15, 0.2) is 0 Å². The second kappa shape index (κ2) is 7.58. The lowest BCUT2D eigenvalue weighted by Crippen LogP contribution is -2.42. The van der Waals surface area contributed by atoms with E-state index in [0.717, 1.165) is 0 Å². The quantitative estimate of drug-likeness (QED) is 0.619. The summed E-state index contributed by atoms with van der Waals surface area (Å²) in [5, 5.41) is 22.5. The fourth-order valence-electron chi connectivity index (χ4n) is 1.71. The number of para-hydroxylation sites is 1. The van der Waals surface area contributed by atoms with Crippen molar-refractivity contribution in [3.05, 3.63) is 29.8 Å². The second-order valence-corrected chi connectivity index (χ2v) is 6.21. The average Bonchev–Trinajstić information content (AvgIpc) is 2.45. The predicted molar refractivity (Wildman–Crippen MR) is 85.7 cm³/mol. The molecule has 8 heteroatoms. The summed E-state index contributed by atoms with van der Waals surface area (Å²) < 4.78 is 0. The molecule has 0 unspecified atom stereocenters. The Bertz CT molecular complexity index is 663. The number of anilines is 1. The highest BCUT2D eigenvalue weighted by Gasteiger charge is 2.26. The molecule has 1 atom stereocenters. The highest BCUT2D eigenvalue weighted by Crippen LogP contribution is 2.20. The first-order valence-corrected chi connectivity index (χ1v) is 7.18. The number of carbonyl (C=O) groups excluding carboxylic acids is 2. The van der Waals surface area contributed by atoms with Crippen LogP contribution in [-0.2, 0) is 14.4 Å². The number of rotatable bonds is 6. The molecule has 0 aliphatic rings. The topological polar surface area (TPSA) is 133 Å². The number of amides is 2. The molecule has 0 saturated heterocycles. The van der Waals surface area contributed by atoms with Crippen LogP contribution >= 0.6 is 0 Å². The second-order valence-electron chi connectivity index (χ2n) is 6.21. The molecule has 0 fully saturated rings. The summed E-state index contributed by atoms with van der Waals surface area (Å²) in [5.74, 6) is -3.91. The van der Waals surface area contributed by atoms with E-state index in [-0.39, 0.29) is 17.2 Å². The fraction of sp³-hybridized carbons (Fsp3) is 0.375. The van der Waals surface area contributed by atoms with E-state index < -0.39 is 35.7 Å². The lowest BCUT2D eigenvalue weighted by atomic mass is 9.95. The zero-order chi connectivity index (χ0) is 18.5. The minimum absolute atomic E-state index is 0.0479. The van der Waals surface area contributed by atoms with Crippen LogP contribution in [0.2, 0.25) is 0 Å². The summed E-state index contributed by atoms with van der Waals surface area (Å²) in [5.41, 5.74) is -0.419. The Hall–Kier alpha value is -2.90. The van der Waals surface area contributed by atoms with E-state index >= 15 is 0 Å². The van der Waals surface area contributed by atoms with Gasteiger partial charge in [-0.05, 0) is 12.1 Å². The number of nitrogens with one attached hydrogen (secondary N) is 2. The Balaban J connectivity index is 3.01. The molecule has 1 aromatic rings. The molecule has 0 aliphatic carbocycles. The first-order valence-electron chi connectivity index (χ1n) is 7.18. The molecule has 1 aromatic carbocycles. The van der Waals surface area contributed by atoms with Crippen LogP contribution in [0.1, 0.15) is 37.6 Å². The molecule has 24 heavy (non-hydrogen) atoms. The van der Waals surface area contributed by atoms with Crippen LogP contribution < -0.4 is 10.6 Å². The van der Waals surface area contributed by atoms with E-state index in [1.54, 1.807) is 32.9 Å². The normalized spacial score (nSPS) is 12.1. The van der Waals surface area contributed by atoms with Gasteiger partial charge in [-0.1, -0.05) is 32.9 Å². The average molecular weight is 336 g/mol. The van der Waals surface area contributed by atoms with Crippen molar-refractivity contribution in [1.29, 1.82) is 0 Å². The molecule has 2 amide bonds. The van der Waals surface area contributed by atoms with Gasteiger partial charge in [0.2, 0.25) is 5.91 Å². The summed E-state index contributed by atoms with van der Waals surface area (Å²) in [6.45, 7) is 5.12. The SMILES string of the molecule is CC(C)(C)C(=O)Nc1ccccc1C(=O)N[C@H](CC(=O)O)C(=O)O. The van der Waals surface area contributed by atoms with Crippen molar-refractivity contribution < 1.29 is 29.4 Å². The smallest absolute Gasteiger partial charge is 0.326 e. The van der Waals surface area contributed by atoms with Crippen LogP contribution in [0, 0.1) is 5.41 Å². The maximum absolute atomic E-state index is 12.3. The van der Waals surface area contributed by atoms with Crippen LogP contribution in [-0.4, -0.2) is 40.0 Å². The first-order chi connectivity index (χ1) is 11.0. The standard InChI is InChI=1S/C16H20N2O6/c1-16(2,3)15(24)18-10-7-5-4-6-9(10)13(21)17-11(14(22)23)8-12(19)20/h4-7,11H,8H2,1-3H3,(H,17,21)(H,18,24)(H,19,20)(H,22,23)/t11-/m1/s1. The van der Waals surface area contributed by atoms with E-state index in [9.17, 15) is 19.2 Å². The van der Waals surface area contributed by atoms with Crippen LogP contribution in [0.15, 0.2) is 24.3 Å². The van der Waals surface area contributed by atoms with Crippen molar-refractivity contribution in [3.63, 3.8) is 0 Å². The Kier molecular flexibility index (Phi) is 6.05. The molecule has 0 spiro atoms. The minimum Gasteiger partial charge on any atom is -0.481 e. The molecule has 0 aliphatic heterocycles. The number of carboxylic acids is 2. The summed E-state index contributed by atoms with van der Waals surface area (Å²) >= 11 is 0. The summed E-state index contributed by atoms with van der Waals surface area (Å²) in [6, 6.07) is 4.51. The predicted octanol–water partition coefficient (Wildman–Crippen LogP) is 1.33. The van der Waals surface area contributed by atoms with Crippen molar-refractivity contribution in [1.82, 2.24) is 5.32 Å². The van der Waals surface area contributed by atoms with Gasteiger partial charge in [-0.3, -0.25) is 14.4 Å². The van der Waals surface area contributed by atoms with Gasteiger partial charge in [0.25, 0.3) is 5.91 Å². The van der Waals surface area contributed by atoms with Gasteiger partial charge in [0.1, 0.15) is 6.04 Å². The molecule has 0 saturated carbocycles. The van der Waals surface area contributed by atoms with Crippen molar-refractivity contribution >= 4 is 29.4 Å². The van der Waals surface area contributed by atoms with E-state index in [1.165, 1.54) is 12.1 Å². The third-order valence-corrected chi connectivity index (χ3v) is 3.08. The number of hydrogen-bond acceptors (Lipinski definition) is 4. The molecule has 0 radical (unpaired) electrons. The fourth-order valence-corrected chi connectivity index (χ4v) is 1.71. The Morgan fingerprint density at radius 1 is 1.08 bits per heavy atom. The monoisotopic (exact) mass is 336 g/mol.